The molecule has 0 N–H and O–H groups in total. The van der Waals surface area contributed by atoms with Crippen LogP contribution in [0.4, 0.5) is 0 Å². The fourth-order valence-corrected chi connectivity index (χ4v) is 3.82. The summed E-state index contributed by atoms with van der Waals surface area (Å²) in [6.45, 7) is 6.65. The largest absolute Gasteiger partial charge is 0.335 e. The Hall–Kier alpha value is -3.20. The first-order chi connectivity index (χ1) is 14.0. The number of aryl methyl sites for hydroxylation is 3. The van der Waals surface area contributed by atoms with Crippen LogP contribution in [0.1, 0.15) is 52.9 Å². The zero-order valence-electron chi connectivity index (χ0n) is 17.1. The highest BCUT2D eigenvalue weighted by Crippen LogP contribution is 2.29. The van der Waals surface area contributed by atoms with Crippen molar-refractivity contribution in [2.75, 3.05) is 0 Å². The predicted octanol–water partition coefficient (Wildman–Crippen LogP) is 3.65. The molecule has 2 heterocycles. The van der Waals surface area contributed by atoms with Crippen LogP contribution >= 0.6 is 0 Å². The predicted molar refractivity (Wildman–Crippen MR) is 110 cm³/mol. The topological polar surface area (TPSA) is 74.3 Å². The molecule has 4 rings (SSSR count). The van der Waals surface area contributed by atoms with Gasteiger partial charge in [0.25, 0.3) is 0 Å². The Balaban J connectivity index is 1.51. The number of hydrogen-bond acceptors (Lipinski definition) is 4. The van der Waals surface area contributed by atoms with Crippen LogP contribution in [0.2, 0.25) is 0 Å². The maximum absolute atomic E-state index is 13.0. The van der Waals surface area contributed by atoms with Crippen molar-refractivity contribution in [1.82, 2.24) is 19.5 Å². The SMILES string of the molecule is Cc1ccc(CN(C(=O)CCc2c(C)nc3c(C#N)cnn3c2C)C2CC2)cc1. The maximum atomic E-state index is 13.0. The van der Waals surface area contributed by atoms with Gasteiger partial charge in [-0.3, -0.25) is 4.79 Å². The quantitative estimate of drug-likeness (QED) is 0.647. The van der Waals surface area contributed by atoms with Crippen molar-refractivity contribution in [3.05, 3.63) is 64.1 Å². The Morgan fingerprint density at radius 1 is 1.24 bits per heavy atom. The lowest BCUT2D eigenvalue weighted by atomic mass is 10.1. The standard InChI is InChI=1S/C23H25N5O/c1-15-4-6-18(7-5-15)14-27(20-8-9-20)22(29)11-10-21-16(2)26-23-19(12-24)13-25-28(23)17(21)3/h4-7,13,20H,8-11,14H2,1-3H3. The first kappa shape index (κ1) is 19.1. The van der Waals surface area contributed by atoms with Crippen LogP contribution in [0.15, 0.2) is 30.5 Å². The third kappa shape index (κ3) is 3.86. The zero-order valence-corrected chi connectivity index (χ0v) is 17.1. The molecule has 6 heteroatoms. The van der Waals surface area contributed by atoms with Crippen LogP contribution < -0.4 is 0 Å². The number of nitrogens with zero attached hydrogens (tertiary/aromatic N) is 5. The first-order valence-corrected chi connectivity index (χ1v) is 10.1. The fourth-order valence-electron chi connectivity index (χ4n) is 3.82. The van der Waals surface area contributed by atoms with Gasteiger partial charge in [-0.05, 0) is 51.2 Å². The molecule has 1 aliphatic rings. The van der Waals surface area contributed by atoms with Crippen LogP contribution in [-0.2, 0) is 17.8 Å². The van der Waals surface area contributed by atoms with Crippen molar-refractivity contribution in [3.8, 4) is 6.07 Å². The van der Waals surface area contributed by atoms with Crippen molar-refractivity contribution in [3.63, 3.8) is 0 Å². The number of carbonyl (C=O) groups is 1. The summed E-state index contributed by atoms with van der Waals surface area (Å²) in [5.41, 5.74) is 6.28. The summed E-state index contributed by atoms with van der Waals surface area (Å²) < 4.78 is 1.70. The highest BCUT2D eigenvalue weighted by molar-refractivity contribution is 5.77. The molecule has 0 bridgehead atoms. The number of nitriles is 1. The number of aromatic nitrogens is 3. The Labute approximate surface area is 170 Å². The van der Waals surface area contributed by atoms with Crippen LogP contribution in [0, 0.1) is 32.1 Å². The van der Waals surface area contributed by atoms with E-state index in [-0.39, 0.29) is 5.91 Å². The lowest BCUT2D eigenvalue weighted by Crippen LogP contribution is -2.32. The minimum absolute atomic E-state index is 0.185. The second-order valence-electron chi connectivity index (χ2n) is 7.91. The van der Waals surface area contributed by atoms with Gasteiger partial charge in [-0.15, -0.1) is 0 Å². The third-order valence-electron chi connectivity index (χ3n) is 5.70. The Morgan fingerprint density at radius 3 is 2.62 bits per heavy atom. The summed E-state index contributed by atoms with van der Waals surface area (Å²) >= 11 is 0. The van der Waals surface area contributed by atoms with E-state index in [1.807, 2.05) is 18.7 Å². The van der Waals surface area contributed by atoms with Gasteiger partial charge in [-0.1, -0.05) is 29.8 Å². The van der Waals surface area contributed by atoms with E-state index in [0.29, 0.717) is 36.6 Å². The van der Waals surface area contributed by atoms with E-state index in [1.165, 1.54) is 11.1 Å². The zero-order chi connectivity index (χ0) is 20.5. The molecule has 1 aromatic carbocycles. The van der Waals surface area contributed by atoms with Gasteiger partial charge >= 0.3 is 0 Å². The van der Waals surface area contributed by atoms with Crippen LogP contribution in [0.3, 0.4) is 0 Å². The van der Waals surface area contributed by atoms with Crippen LogP contribution in [-0.4, -0.2) is 31.4 Å². The van der Waals surface area contributed by atoms with E-state index >= 15 is 0 Å². The minimum atomic E-state index is 0.185. The molecule has 6 nitrogen and oxygen atoms in total. The monoisotopic (exact) mass is 387 g/mol. The Bertz CT molecular complexity index is 1100. The molecule has 1 aliphatic carbocycles. The number of benzene rings is 1. The molecule has 1 saturated carbocycles. The van der Waals surface area contributed by atoms with Gasteiger partial charge in [0, 0.05) is 30.4 Å². The second kappa shape index (κ2) is 7.67. The van der Waals surface area contributed by atoms with Crippen molar-refractivity contribution >= 4 is 11.6 Å². The number of hydrogen-bond donors (Lipinski definition) is 0. The maximum Gasteiger partial charge on any atom is 0.223 e. The smallest absolute Gasteiger partial charge is 0.223 e. The number of rotatable bonds is 6. The van der Waals surface area contributed by atoms with E-state index < -0.39 is 0 Å². The number of fused-ring (bicyclic) bond motifs is 1. The second-order valence-corrected chi connectivity index (χ2v) is 7.91. The summed E-state index contributed by atoms with van der Waals surface area (Å²) in [5.74, 6) is 0.185. The average molecular weight is 387 g/mol. The normalized spacial score (nSPS) is 13.4. The van der Waals surface area contributed by atoms with Crippen molar-refractivity contribution in [1.29, 1.82) is 5.26 Å². The van der Waals surface area contributed by atoms with E-state index in [0.717, 1.165) is 29.8 Å². The van der Waals surface area contributed by atoms with Gasteiger partial charge in [0.1, 0.15) is 11.6 Å². The van der Waals surface area contributed by atoms with Crippen molar-refractivity contribution in [2.24, 2.45) is 0 Å². The first-order valence-electron chi connectivity index (χ1n) is 10.1. The molecule has 0 spiro atoms. The van der Waals surface area contributed by atoms with Gasteiger partial charge in [0.2, 0.25) is 5.91 Å². The Kier molecular flexibility index (Phi) is 5.06. The average Bonchev–Trinajstić information content (AvgIpc) is 3.46. The molecular formula is C23H25N5O. The Morgan fingerprint density at radius 2 is 1.97 bits per heavy atom. The van der Waals surface area contributed by atoms with Gasteiger partial charge < -0.3 is 4.90 Å². The van der Waals surface area contributed by atoms with E-state index in [2.05, 4.69) is 47.3 Å². The summed E-state index contributed by atoms with van der Waals surface area (Å²) in [7, 11) is 0. The van der Waals surface area contributed by atoms with Crippen molar-refractivity contribution < 1.29 is 4.79 Å². The van der Waals surface area contributed by atoms with E-state index in [1.54, 1.807) is 10.7 Å². The highest BCUT2D eigenvalue weighted by atomic mass is 16.2. The number of amides is 1. The summed E-state index contributed by atoms with van der Waals surface area (Å²) in [4.78, 5) is 19.6. The molecule has 2 aromatic heterocycles. The molecule has 148 valence electrons. The molecular weight excluding hydrogens is 362 g/mol. The third-order valence-corrected chi connectivity index (χ3v) is 5.70. The fraction of sp³-hybridized carbons (Fsp3) is 0.391. The molecule has 1 amide bonds. The lowest BCUT2D eigenvalue weighted by Gasteiger charge is -2.23. The molecule has 0 unspecified atom stereocenters. The molecule has 1 fully saturated rings. The summed E-state index contributed by atoms with van der Waals surface area (Å²) in [5, 5.41) is 13.5. The molecule has 0 aliphatic heterocycles. The molecule has 0 atom stereocenters. The van der Waals surface area contributed by atoms with Crippen molar-refractivity contribution in [2.45, 2.75) is 59.0 Å². The minimum Gasteiger partial charge on any atom is -0.335 e. The van der Waals surface area contributed by atoms with Crippen LogP contribution in [0.25, 0.3) is 5.65 Å². The number of carbonyl (C=O) groups excluding carboxylic acids is 1. The molecule has 0 radical (unpaired) electrons. The summed E-state index contributed by atoms with van der Waals surface area (Å²) in [6, 6.07) is 10.9. The summed E-state index contributed by atoms with van der Waals surface area (Å²) in [6.07, 6.45) is 4.79. The molecule has 3 aromatic rings. The molecule has 29 heavy (non-hydrogen) atoms. The van der Waals surface area contributed by atoms with Gasteiger partial charge in [0.15, 0.2) is 5.65 Å². The van der Waals surface area contributed by atoms with E-state index in [4.69, 9.17) is 0 Å². The highest BCUT2D eigenvalue weighted by Gasteiger charge is 2.32. The molecule has 0 saturated heterocycles. The van der Waals surface area contributed by atoms with Gasteiger partial charge in [-0.25, -0.2) is 9.50 Å². The lowest BCUT2D eigenvalue weighted by molar-refractivity contribution is -0.132. The van der Waals surface area contributed by atoms with Crippen LogP contribution in [0.5, 0.6) is 0 Å². The van der Waals surface area contributed by atoms with Gasteiger partial charge in [-0.2, -0.15) is 10.4 Å². The van der Waals surface area contributed by atoms with E-state index in [9.17, 15) is 10.1 Å². The van der Waals surface area contributed by atoms with Gasteiger partial charge in [0.05, 0.1) is 6.20 Å².